The Balaban J connectivity index is 3.52. The van der Waals surface area contributed by atoms with E-state index in [0.29, 0.717) is 5.69 Å². The molecule has 0 saturated heterocycles. The number of phenols is 1. The summed E-state index contributed by atoms with van der Waals surface area (Å²) in [6.45, 7) is 5.73. The van der Waals surface area contributed by atoms with Crippen molar-refractivity contribution in [3.05, 3.63) is 34.7 Å². The molecule has 68 valence electrons. The van der Waals surface area contributed by atoms with E-state index in [1.54, 1.807) is 12.1 Å². The van der Waals surface area contributed by atoms with Crippen LogP contribution in [-0.2, 0) is 0 Å². The van der Waals surface area contributed by atoms with Crippen LogP contribution in [0.2, 0.25) is 0 Å². The van der Waals surface area contributed by atoms with Crippen molar-refractivity contribution in [3.63, 3.8) is 0 Å². The van der Waals surface area contributed by atoms with Crippen molar-refractivity contribution in [2.45, 2.75) is 6.92 Å². The maximum absolute atomic E-state index is 9.33. The molecule has 0 aromatic heterocycles. The SMILES string of the molecule is C=c1ccc(O)c(N)/c1=C/C=C\C. The first-order valence-corrected chi connectivity index (χ1v) is 4.06. The molecular formula is C11H13NO. The molecule has 0 heterocycles. The average Bonchev–Trinajstić information content (AvgIpc) is 2.12. The maximum Gasteiger partial charge on any atom is 0.139 e. The predicted octanol–water partition coefficient (Wildman–Crippen LogP) is 0.741. The third-order valence-electron chi connectivity index (χ3n) is 1.81. The molecule has 3 N–H and O–H groups in total. The van der Waals surface area contributed by atoms with Crippen molar-refractivity contribution in [1.29, 1.82) is 0 Å². The van der Waals surface area contributed by atoms with Crippen LogP contribution in [0.25, 0.3) is 12.7 Å². The van der Waals surface area contributed by atoms with E-state index < -0.39 is 0 Å². The number of allylic oxidation sites excluding steroid dienone is 2. The molecule has 1 aromatic rings. The van der Waals surface area contributed by atoms with Crippen molar-refractivity contribution in [2.75, 3.05) is 5.73 Å². The summed E-state index contributed by atoms with van der Waals surface area (Å²) in [5.74, 6) is 0.100. The summed E-state index contributed by atoms with van der Waals surface area (Å²) in [6.07, 6.45) is 5.58. The summed E-state index contributed by atoms with van der Waals surface area (Å²) >= 11 is 0. The third kappa shape index (κ3) is 1.90. The van der Waals surface area contributed by atoms with Crippen LogP contribution in [-0.4, -0.2) is 5.11 Å². The number of hydrogen-bond donors (Lipinski definition) is 2. The topological polar surface area (TPSA) is 46.2 Å². The fourth-order valence-electron chi connectivity index (χ4n) is 1.06. The number of phenolic OH excluding ortho intramolecular Hbond substituents is 1. The van der Waals surface area contributed by atoms with Crippen LogP contribution in [0.4, 0.5) is 5.69 Å². The summed E-state index contributed by atoms with van der Waals surface area (Å²) in [4.78, 5) is 0. The van der Waals surface area contributed by atoms with Crippen molar-refractivity contribution in [1.82, 2.24) is 0 Å². The molecule has 1 aromatic carbocycles. The Bertz CT molecular complexity index is 432. The Morgan fingerprint density at radius 3 is 2.77 bits per heavy atom. The van der Waals surface area contributed by atoms with Gasteiger partial charge in [0.05, 0.1) is 5.69 Å². The van der Waals surface area contributed by atoms with Gasteiger partial charge in [-0.15, -0.1) is 0 Å². The summed E-state index contributed by atoms with van der Waals surface area (Å²) in [7, 11) is 0. The smallest absolute Gasteiger partial charge is 0.139 e. The Hall–Kier alpha value is -1.70. The van der Waals surface area contributed by atoms with E-state index in [4.69, 9.17) is 5.73 Å². The van der Waals surface area contributed by atoms with Crippen LogP contribution >= 0.6 is 0 Å². The van der Waals surface area contributed by atoms with E-state index in [0.717, 1.165) is 10.4 Å². The third-order valence-corrected chi connectivity index (χ3v) is 1.81. The minimum atomic E-state index is 0.100. The lowest BCUT2D eigenvalue weighted by Gasteiger charge is -1.98. The molecule has 2 heteroatoms. The molecular weight excluding hydrogens is 162 g/mol. The molecule has 0 saturated carbocycles. The van der Waals surface area contributed by atoms with Crippen LogP contribution in [0.3, 0.4) is 0 Å². The standard InChI is InChI=1S/C11H13NO/c1-3-4-5-9-8(2)6-7-10(13)11(9)12/h3-7,13H,2,12H2,1H3/b4-3-,9-5+. The second-order valence-corrected chi connectivity index (χ2v) is 2.76. The number of nitrogens with two attached hydrogens (primary N) is 1. The normalized spacial score (nSPS) is 12.5. The highest BCUT2D eigenvalue weighted by atomic mass is 16.3. The van der Waals surface area contributed by atoms with Crippen LogP contribution in [0.5, 0.6) is 5.75 Å². The maximum atomic E-state index is 9.33. The van der Waals surface area contributed by atoms with Gasteiger partial charge in [-0.3, -0.25) is 0 Å². The second-order valence-electron chi connectivity index (χ2n) is 2.76. The minimum Gasteiger partial charge on any atom is -0.506 e. The molecule has 0 aliphatic rings. The summed E-state index contributed by atoms with van der Waals surface area (Å²) in [5.41, 5.74) is 6.05. The number of nitrogen functional groups attached to an aromatic ring is 1. The quantitative estimate of drug-likeness (QED) is 0.488. The number of hydrogen-bond acceptors (Lipinski definition) is 2. The van der Waals surface area contributed by atoms with Gasteiger partial charge in [-0.25, -0.2) is 0 Å². The molecule has 0 spiro atoms. The lowest BCUT2D eigenvalue weighted by atomic mass is 10.2. The minimum absolute atomic E-state index is 0.100. The molecule has 0 bridgehead atoms. The van der Waals surface area contributed by atoms with Crippen molar-refractivity contribution in [2.24, 2.45) is 0 Å². The highest BCUT2D eigenvalue weighted by Gasteiger charge is 1.96. The lowest BCUT2D eigenvalue weighted by molar-refractivity contribution is 0.477. The van der Waals surface area contributed by atoms with Gasteiger partial charge >= 0.3 is 0 Å². The molecule has 0 unspecified atom stereocenters. The first kappa shape index (κ1) is 9.39. The second kappa shape index (κ2) is 3.81. The van der Waals surface area contributed by atoms with Gasteiger partial charge in [-0.2, -0.15) is 0 Å². The van der Waals surface area contributed by atoms with Gasteiger partial charge in [0.25, 0.3) is 0 Å². The summed E-state index contributed by atoms with van der Waals surface area (Å²) in [6, 6.07) is 3.28. The number of benzene rings is 1. The number of rotatable bonds is 1. The fourth-order valence-corrected chi connectivity index (χ4v) is 1.06. The van der Waals surface area contributed by atoms with Crippen LogP contribution in [0.15, 0.2) is 24.3 Å². The Kier molecular flexibility index (Phi) is 2.75. The molecule has 2 nitrogen and oxygen atoms in total. The molecule has 0 atom stereocenters. The zero-order valence-electron chi connectivity index (χ0n) is 7.62. The van der Waals surface area contributed by atoms with Crippen molar-refractivity contribution < 1.29 is 5.11 Å². The predicted molar refractivity (Wildman–Crippen MR) is 56.6 cm³/mol. The van der Waals surface area contributed by atoms with Crippen LogP contribution < -0.4 is 16.2 Å². The fraction of sp³-hybridized carbons (Fsp3) is 0.0909. The highest BCUT2D eigenvalue weighted by Crippen LogP contribution is 2.10. The van der Waals surface area contributed by atoms with Gasteiger partial charge in [-0.05, 0) is 18.2 Å². The van der Waals surface area contributed by atoms with E-state index >= 15 is 0 Å². The zero-order valence-corrected chi connectivity index (χ0v) is 7.62. The average molecular weight is 175 g/mol. The molecule has 0 fully saturated rings. The molecule has 0 amide bonds. The zero-order chi connectivity index (χ0) is 9.84. The summed E-state index contributed by atoms with van der Waals surface area (Å²) < 4.78 is 0. The van der Waals surface area contributed by atoms with E-state index in [1.807, 2.05) is 25.2 Å². The Labute approximate surface area is 77.3 Å². The van der Waals surface area contributed by atoms with Gasteiger partial charge in [0, 0.05) is 5.22 Å². The highest BCUT2D eigenvalue weighted by molar-refractivity contribution is 5.58. The molecule has 0 radical (unpaired) electrons. The largest absolute Gasteiger partial charge is 0.506 e. The van der Waals surface area contributed by atoms with E-state index in [-0.39, 0.29) is 5.75 Å². The van der Waals surface area contributed by atoms with Gasteiger partial charge in [0.15, 0.2) is 0 Å². The van der Waals surface area contributed by atoms with Crippen LogP contribution in [0.1, 0.15) is 6.92 Å². The van der Waals surface area contributed by atoms with Crippen molar-refractivity contribution >= 4 is 18.3 Å². The molecule has 1 rings (SSSR count). The molecule has 13 heavy (non-hydrogen) atoms. The van der Waals surface area contributed by atoms with Gasteiger partial charge < -0.3 is 10.8 Å². The van der Waals surface area contributed by atoms with Gasteiger partial charge in [0.1, 0.15) is 5.75 Å². The van der Waals surface area contributed by atoms with Crippen LogP contribution in [0, 0.1) is 0 Å². The van der Waals surface area contributed by atoms with Gasteiger partial charge in [0.2, 0.25) is 0 Å². The first-order chi connectivity index (χ1) is 6.16. The van der Waals surface area contributed by atoms with E-state index in [1.165, 1.54) is 0 Å². The Morgan fingerprint density at radius 1 is 1.46 bits per heavy atom. The van der Waals surface area contributed by atoms with Crippen molar-refractivity contribution in [3.8, 4) is 5.75 Å². The van der Waals surface area contributed by atoms with Gasteiger partial charge in [-0.1, -0.05) is 30.9 Å². The number of anilines is 1. The molecule has 0 aliphatic heterocycles. The van der Waals surface area contributed by atoms with E-state index in [9.17, 15) is 5.11 Å². The first-order valence-electron chi connectivity index (χ1n) is 4.06. The monoisotopic (exact) mass is 175 g/mol. The number of aromatic hydroxyl groups is 1. The Morgan fingerprint density at radius 2 is 2.15 bits per heavy atom. The van der Waals surface area contributed by atoms with E-state index in [2.05, 4.69) is 6.58 Å². The molecule has 0 aliphatic carbocycles. The lowest BCUT2D eigenvalue weighted by Crippen LogP contribution is -2.25. The summed E-state index contributed by atoms with van der Waals surface area (Å²) in [5, 5.41) is 10.9.